The summed E-state index contributed by atoms with van der Waals surface area (Å²) in [4.78, 5) is 0. The van der Waals surface area contributed by atoms with Gasteiger partial charge in [0.05, 0.1) is 6.10 Å². The maximum Gasteiger partial charge on any atom is 0.0604 e. The Morgan fingerprint density at radius 3 is 2.73 bits per heavy atom. The zero-order valence-corrected chi connectivity index (χ0v) is 10.2. The number of unbranched alkanes of at least 4 members (excludes halogenated alkanes) is 1. The fourth-order valence-electron chi connectivity index (χ4n) is 2.00. The molecule has 0 heterocycles. The third-order valence-electron chi connectivity index (χ3n) is 3.02. The van der Waals surface area contributed by atoms with Gasteiger partial charge in [0.15, 0.2) is 0 Å². The van der Waals surface area contributed by atoms with Crippen molar-refractivity contribution < 1.29 is 4.74 Å². The van der Waals surface area contributed by atoms with E-state index in [4.69, 9.17) is 10.5 Å². The predicted octanol–water partition coefficient (Wildman–Crippen LogP) is 1.66. The van der Waals surface area contributed by atoms with Gasteiger partial charge in [0.2, 0.25) is 0 Å². The fraction of sp³-hybridized carbons (Fsp3) is 1.00. The van der Waals surface area contributed by atoms with Crippen LogP contribution in [0.4, 0.5) is 0 Å². The molecular weight excluding hydrogens is 188 g/mol. The van der Waals surface area contributed by atoms with Gasteiger partial charge in [-0.2, -0.15) is 0 Å². The number of nitrogens with two attached hydrogens (primary N) is 1. The van der Waals surface area contributed by atoms with Gasteiger partial charge in [-0.05, 0) is 46.1 Å². The van der Waals surface area contributed by atoms with Crippen LogP contribution in [0.5, 0.6) is 0 Å². The average molecular weight is 214 g/mol. The minimum absolute atomic E-state index is 0.357. The second kappa shape index (κ2) is 7.20. The Bertz CT molecular complexity index is 156. The zero-order valence-electron chi connectivity index (χ0n) is 10.2. The molecule has 0 aliphatic heterocycles. The molecule has 1 unspecified atom stereocenters. The van der Waals surface area contributed by atoms with Crippen LogP contribution >= 0.6 is 0 Å². The van der Waals surface area contributed by atoms with Gasteiger partial charge in [-0.15, -0.1) is 0 Å². The standard InChI is InChI=1S/C12H26N2O/c1-3-15-12-8-11(9-12)14-7-5-4-6-10(2)13/h10-12,14H,3-9,13H2,1-2H3. The quantitative estimate of drug-likeness (QED) is 0.604. The molecular formula is C12H26N2O. The van der Waals surface area contributed by atoms with Crippen LogP contribution in [-0.2, 0) is 4.74 Å². The molecule has 90 valence electrons. The van der Waals surface area contributed by atoms with E-state index < -0.39 is 0 Å². The maximum atomic E-state index is 5.69. The lowest BCUT2D eigenvalue weighted by molar-refractivity contribution is -0.00975. The van der Waals surface area contributed by atoms with E-state index in [1.165, 1.54) is 25.7 Å². The van der Waals surface area contributed by atoms with Crippen molar-refractivity contribution in [2.45, 2.75) is 64.1 Å². The van der Waals surface area contributed by atoms with Crippen LogP contribution in [0.15, 0.2) is 0 Å². The molecule has 0 bridgehead atoms. The first kappa shape index (κ1) is 12.9. The molecule has 1 atom stereocenters. The molecule has 3 heteroatoms. The van der Waals surface area contributed by atoms with Gasteiger partial charge >= 0.3 is 0 Å². The van der Waals surface area contributed by atoms with E-state index >= 15 is 0 Å². The van der Waals surface area contributed by atoms with Gasteiger partial charge in [-0.3, -0.25) is 0 Å². The lowest BCUT2D eigenvalue weighted by Gasteiger charge is -2.35. The summed E-state index contributed by atoms with van der Waals surface area (Å²) in [5.74, 6) is 0. The first-order valence-corrected chi connectivity index (χ1v) is 6.33. The van der Waals surface area contributed by atoms with Gasteiger partial charge < -0.3 is 15.8 Å². The molecule has 3 nitrogen and oxygen atoms in total. The molecule has 0 spiro atoms. The highest BCUT2D eigenvalue weighted by Crippen LogP contribution is 2.22. The molecule has 1 fully saturated rings. The van der Waals surface area contributed by atoms with E-state index in [0.29, 0.717) is 18.2 Å². The van der Waals surface area contributed by atoms with E-state index in [-0.39, 0.29) is 0 Å². The van der Waals surface area contributed by atoms with Crippen LogP contribution < -0.4 is 11.1 Å². The molecule has 1 rings (SSSR count). The zero-order chi connectivity index (χ0) is 11.1. The Labute approximate surface area is 93.8 Å². The highest BCUT2D eigenvalue weighted by molar-refractivity contribution is 4.85. The number of hydrogen-bond donors (Lipinski definition) is 2. The van der Waals surface area contributed by atoms with E-state index in [1.54, 1.807) is 0 Å². The van der Waals surface area contributed by atoms with Crippen LogP contribution in [0.2, 0.25) is 0 Å². The number of rotatable bonds is 8. The molecule has 0 radical (unpaired) electrons. The van der Waals surface area contributed by atoms with E-state index in [2.05, 4.69) is 19.2 Å². The Hall–Kier alpha value is -0.120. The summed E-state index contributed by atoms with van der Waals surface area (Å²) >= 11 is 0. The fourth-order valence-corrected chi connectivity index (χ4v) is 2.00. The summed E-state index contributed by atoms with van der Waals surface area (Å²) in [7, 11) is 0. The van der Waals surface area contributed by atoms with Crippen molar-refractivity contribution in [3.63, 3.8) is 0 Å². The molecule has 3 N–H and O–H groups in total. The van der Waals surface area contributed by atoms with Crippen LogP contribution in [0.25, 0.3) is 0 Å². The lowest BCUT2D eigenvalue weighted by atomic mass is 9.89. The van der Waals surface area contributed by atoms with Crippen molar-refractivity contribution in [3.8, 4) is 0 Å². The third-order valence-corrected chi connectivity index (χ3v) is 3.02. The van der Waals surface area contributed by atoms with Gasteiger partial charge in [-0.1, -0.05) is 6.42 Å². The summed E-state index contributed by atoms with van der Waals surface area (Å²) in [6, 6.07) is 1.06. The SMILES string of the molecule is CCOC1CC(NCCCCC(C)N)C1. The molecule has 0 aromatic carbocycles. The topological polar surface area (TPSA) is 47.3 Å². The summed E-state index contributed by atoms with van der Waals surface area (Å²) in [6.45, 7) is 6.13. The average Bonchev–Trinajstić information content (AvgIpc) is 2.12. The van der Waals surface area contributed by atoms with Crippen LogP contribution in [-0.4, -0.2) is 31.3 Å². The summed E-state index contributed by atoms with van der Waals surface area (Å²) < 4.78 is 5.51. The van der Waals surface area contributed by atoms with Crippen molar-refractivity contribution >= 4 is 0 Å². The van der Waals surface area contributed by atoms with Crippen molar-refractivity contribution in [2.24, 2.45) is 5.73 Å². The molecule has 0 amide bonds. The maximum absolute atomic E-state index is 5.69. The van der Waals surface area contributed by atoms with Gasteiger partial charge in [-0.25, -0.2) is 0 Å². The molecule has 0 saturated heterocycles. The normalized spacial score (nSPS) is 27.4. The summed E-state index contributed by atoms with van der Waals surface area (Å²) in [5.41, 5.74) is 5.69. The molecule has 0 aromatic heterocycles. The summed E-state index contributed by atoms with van der Waals surface area (Å²) in [5, 5.41) is 3.56. The first-order chi connectivity index (χ1) is 7.22. The van der Waals surface area contributed by atoms with Crippen molar-refractivity contribution in [1.29, 1.82) is 0 Å². The third kappa shape index (κ3) is 5.50. The molecule has 1 aliphatic rings. The first-order valence-electron chi connectivity index (χ1n) is 6.33. The molecule has 15 heavy (non-hydrogen) atoms. The Morgan fingerprint density at radius 1 is 1.40 bits per heavy atom. The van der Waals surface area contributed by atoms with Crippen LogP contribution in [0.1, 0.15) is 46.0 Å². The van der Waals surface area contributed by atoms with Gasteiger partial charge in [0, 0.05) is 18.7 Å². The molecule has 0 aromatic rings. The Balaban J connectivity index is 1.82. The number of ether oxygens (including phenoxy) is 1. The highest BCUT2D eigenvalue weighted by Gasteiger charge is 2.28. The van der Waals surface area contributed by atoms with Crippen LogP contribution in [0.3, 0.4) is 0 Å². The second-order valence-electron chi connectivity index (χ2n) is 4.67. The van der Waals surface area contributed by atoms with E-state index in [0.717, 1.165) is 19.6 Å². The van der Waals surface area contributed by atoms with E-state index in [1.807, 2.05) is 0 Å². The predicted molar refractivity (Wildman–Crippen MR) is 63.9 cm³/mol. The lowest BCUT2D eigenvalue weighted by Crippen LogP contribution is -2.45. The minimum atomic E-state index is 0.357. The monoisotopic (exact) mass is 214 g/mol. The second-order valence-corrected chi connectivity index (χ2v) is 4.67. The summed E-state index contributed by atoms with van der Waals surface area (Å²) in [6.07, 6.45) is 6.55. The molecule has 1 aliphatic carbocycles. The minimum Gasteiger partial charge on any atom is -0.378 e. The van der Waals surface area contributed by atoms with Crippen LogP contribution in [0, 0.1) is 0 Å². The van der Waals surface area contributed by atoms with Crippen molar-refractivity contribution in [3.05, 3.63) is 0 Å². The largest absolute Gasteiger partial charge is 0.378 e. The number of nitrogens with one attached hydrogen (secondary N) is 1. The van der Waals surface area contributed by atoms with Crippen molar-refractivity contribution in [2.75, 3.05) is 13.2 Å². The molecule has 1 saturated carbocycles. The van der Waals surface area contributed by atoms with Crippen molar-refractivity contribution in [1.82, 2.24) is 5.32 Å². The van der Waals surface area contributed by atoms with Gasteiger partial charge in [0.25, 0.3) is 0 Å². The number of hydrogen-bond acceptors (Lipinski definition) is 3. The highest BCUT2D eigenvalue weighted by atomic mass is 16.5. The van der Waals surface area contributed by atoms with Gasteiger partial charge in [0.1, 0.15) is 0 Å². The Kier molecular flexibility index (Phi) is 6.22. The smallest absolute Gasteiger partial charge is 0.0604 e. The van der Waals surface area contributed by atoms with E-state index in [9.17, 15) is 0 Å². The Morgan fingerprint density at radius 2 is 2.13 bits per heavy atom.